The van der Waals surface area contributed by atoms with Crippen LogP contribution in [0.4, 0.5) is 5.69 Å². The van der Waals surface area contributed by atoms with Gasteiger partial charge in [0.05, 0.1) is 0 Å². The summed E-state index contributed by atoms with van der Waals surface area (Å²) < 4.78 is 0. The smallest absolute Gasteiger partial charge is 0.0407 e. The Balaban J connectivity index is 1.90. The van der Waals surface area contributed by atoms with Gasteiger partial charge in [-0.25, -0.2) is 0 Å². The van der Waals surface area contributed by atoms with Crippen LogP contribution in [0.1, 0.15) is 22.3 Å². The van der Waals surface area contributed by atoms with Crippen molar-refractivity contribution in [3.05, 3.63) is 101 Å². The van der Waals surface area contributed by atoms with Gasteiger partial charge in [0, 0.05) is 12.2 Å². The van der Waals surface area contributed by atoms with E-state index >= 15 is 0 Å². The molecule has 0 aliphatic heterocycles. The molecule has 0 saturated carbocycles. The predicted molar refractivity (Wildman–Crippen MR) is 105 cm³/mol. The minimum absolute atomic E-state index is 0.796. The third-order valence-electron chi connectivity index (χ3n) is 4.22. The lowest BCUT2D eigenvalue weighted by molar-refractivity contribution is 1.27. The first-order valence-electron chi connectivity index (χ1n) is 8.35. The number of hydrogen-bond donors (Lipinski definition) is 1. The molecular formula is C23H23N. The van der Waals surface area contributed by atoms with Crippen molar-refractivity contribution in [1.82, 2.24) is 0 Å². The summed E-state index contributed by atoms with van der Waals surface area (Å²) in [5.74, 6) is 0. The monoisotopic (exact) mass is 313 g/mol. The zero-order valence-electron chi connectivity index (χ0n) is 14.3. The van der Waals surface area contributed by atoms with Crippen LogP contribution in [0.15, 0.2) is 78.9 Å². The maximum atomic E-state index is 3.63. The maximum absolute atomic E-state index is 3.63. The van der Waals surface area contributed by atoms with E-state index in [2.05, 4.69) is 104 Å². The number of hydrogen-bond acceptors (Lipinski definition) is 1. The molecule has 0 unspecified atom stereocenters. The summed E-state index contributed by atoms with van der Waals surface area (Å²) in [5.41, 5.74) is 7.54. The van der Waals surface area contributed by atoms with E-state index in [4.69, 9.17) is 0 Å². The first kappa shape index (κ1) is 16.1. The van der Waals surface area contributed by atoms with Crippen LogP contribution in [0, 0.1) is 13.8 Å². The van der Waals surface area contributed by atoms with Gasteiger partial charge in [-0.3, -0.25) is 0 Å². The standard InChI is InChI=1S/C23H23N/c1-18-10-9-11-19(2)23(18)24-17-22(21-14-7-4-8-15-21)16-20-12-5-3-6-13-20/h3-16,24H,17H2,1-2H3/b22-16+. The minimum atomic E-state index is 0.796. The maximum Gasteiger partial charge on any atom is 0.0407 e. The topological polar surface area (TPSA) is 12.0 Å². The number of benzene rings is 3. The van der Waals surface area contributed by atoms with Crippen molar-refractivity contribution in [3.8, 4) is 0 Å². The third kappa shape index (κ3) is 3.94. The molecule has 120 valence electrons. The normalized spacial score (nSPS) is 11.3. The van der Waals surface area contributed by atoms with Crippen LogP contribution in [0.5, 0.6) is 0 Å². The lowest BCUT2D eigenvalue weighted by Crippen LogP contribution is -2.07. The van der Waals surface area contributed by atoms with Gasteiger partial charge in [-0.05, 0) is 47.8 Å². The van der Waals surface area contributed by atoms with Gasteiger partial charge in [0.1, 0.15) is 0 Å². The molecule has 0 aliphatic rings. The number of para-hydroxylation sites is 1. The molecule has 0 radical (unpaired) electrons. The number of anilines is 1. The fourth-order valence-electron chi connectivity index (χ4n) is 2.92. The van der Waals surface area contributed by atoms with Crippen molar-refractivity contribution in [3.63, 3.8) is 0 Å². The summed E-state index contributed by atoms with van der Waals surface area (Å²) in [4.78, 5) is 0. The lowest BCUT2D eigenvalue weighted by Gasteiger charge is -2.15. The Kier molecular flexibility index (Phi) is 5.12. The largest absolute Gasteiger partial charge is 0.381 e. The molecule has 0 saturated heterocycles. The number of rotatable bonds is 5. The van der Waals surface area contributed by atoms with Crippen LogP contribution in [0.3, 0.4) is 0 Å². The van der Waals surface area contributed by atoms with Crippen molar-refractivity contribution in [2.75, 3.05) is 11.9 Å². The van der Waals surface area contributed by atoms with Gasteiger partial charge in [-0.1, -0.05) is 78.9 Å². The van der Waals surface area contributed by atoms with E-state index in [1.54, 1.807) is 0 Å². The summed E-state index contributed by atoms with van der Waals surface area (Å²) in [6.07, 6.45) is 2.26. The van der Waals surface area contributed by atoms with Crippen LogP contribution in [0.25, 0.3) is 11.6 Å². The van der Waals surface area contributed by atoms with E-state index in [0.717, 1.165) is 6.54 Å². The van der Waals surface area contributed by atoms with Crippen LogP contribution in [0.2, 0.25) is 0 Å². The molecule has 0 fully saturated rings. The van der Waals surface area contributed by atoms with Gasteiger partial charge in [0.25, 0.3) is 0 Å². The first-order valence-corrected chi connectivity index (χ1v) is 8.35. The van der Waals surface area contributed by atoms with Crippen LogP contribution in [-0.2, 0) is 0 Å². The van der Waals surface area contributed by atoms with Gasteiger partial charge in [-0.2, -0.15) is 0 Å². The summed E-state index contributed by atoms with van der Waals surface area (Å²) >= 11 is 0. The van der Waals surface area contributed by atoms with E-state index < -0.39 is 0 Å². The molecule has 0 atom stereocenters. The molecular weight excluding hydrogens is 290 g/mol. The fraction of sp³-hybridized carbons (Fsp3) is 0.130. The van der Waals surface area contributed by atoms with Crippen molar-refractivity contribution >= 4 is 17.3 Å². The second kappa shape index (κ2) is 7.65. The Hall–Kier alpha value is -2.80. The molecule has 0 heterocycles. The highest BCUT2D eigenvalue weighted by molar-refractivity contribution is 5.84. The van der Waals surface area contributed by atoms with Crippen molar-refractivity contribution in [2.24, 2.45) is 0 Å². The molecule has 1 N–H and O–H groups in total. The highest BCUT2D eigenvalue weighted by Crippen LogP contribution is 2.23. The Morgan fingerprint density at radius 2 is 1.33 bits per heavy atom. The van der Waals surface area contributed by atoms with Gasteiger partial charge in [0.15, 0.2) is 0 Å². The SMILES string of the molecule is Cc1cccc(C)c1NC/C(=C\c1ccccc1)c1ccccc1. The van der Waals surface area contributed by atoms with E-state index in [9.17, 15) is 0 Å². The molecule has 0 amide bonds. The summed E-state index contributed by atoms with van der Waals surface area (Å²) in [6.45, 7) is 5.10. The van der Waals surface area contributed by atoms with Crippen LogP contribution < -0.4 is 5.32 Å². The molecule has 24 heavy (non-hydrogen) atoms. The Morgan fingerprint density at radius 3 is 1.96 bits per heavy atom. The Labute approximate surface area is 144 Å². The molecule has 0 aliphatic carbocycles. The van der Waals surface area contributed by atoms with E-state index in [-0.39, 0.29) is 0 Å². The van der Waals surface area contributed by atoms with E-state index in [1.807, 2.05) is 0 Å². The molecule has 1 nitrogen and oxygen atoms in total. The number of aryl methyl sites for hydroxylation is 2. The summed E-state index contributed by atoms with van der Waals surface area (Å²) in [5, 5.41) is 3.63. The molecule has 3 aromatic rings. The third-order valence-corrected chi connectivity index (χ3v) is 4.22. The molecule has 0 bridgehead atoms. The lowest BCUT2D eigenvalue weighted by atomic mass is 10.0. The van der Waals surface area contributed by atoms with Crippen LogP contribution in [-0.4, -0.2) is 6.54 Å². The fourth-order valence-corrected chi connectivity index (χ4v) is 2.92. The summed E-state index contributed by atoms with van der Waals surface area (Å²) in [7, 11) is 0. The van der Waals surface area contributed by atoms with Gasteiger partial charge in [-0.15, -0.1) is 0 Å². The summed E-state index contributed by atoms with van der Waals surface area (Å²) in [6, 6.07) is 27.5. The minimum Gasteiger partial charge on any atom is -0.381 e. The second-order valence-corrected chi connectivity index (χ2v) is 6.07. The van der Waals surface area contributed by atoms with Gasteiger partial charge < -0.3 is 5.32 Å². The highest BCUT2D eigenvalue weighted by Gasteiger charge is 2.05. The van der Waals surface area contributed by atoms with Crippen molar-refractivity contribution in [1.29, 1.82) is 0 Å². The Morgan fingerprint density at radius 1 is 0.750 bits per heavy atom. The van der Waals surface area contributed by atoms with Gasteiger partial charge in [0.2, 0.25) is 0 Å². The second-order valence-electron chi connectivity index (χ2n) is 6.07. The van der Waals surface area contributed by atoms with Crippen molar-refractivity contribution < 1.29 is 0 Å². The molecule has 0 aromatic heterocycles. The van der Waals surface area contributed by atoms with Crippen LogP contribution >= 0.6 is 0 Å². The predicted octanol–water partition coefficient (Wildman–Crippen LogP) is 5.96. The highest BCUT2D eigenvalue weighted by atomic mass is 14.9. The van der Waals surface area contributed by atoms with Crippen molar-refractivity contribution in [2.45, 2.75) is 13.8 Å². The zero-order valence-corrected chi connectivity index (χ0v) is 14.3. The van der Waals surface area contributed by atoms with Gasteiger partial charge >= 0.3 is 0 Å². The van der Waals surface area contributed by atoms with E-state index in [1.165, 1.54) is 33.5 Å². The Bertz CT molecular complexity index is 797. The average molecular weight is 313 g/mol. The number of nitrogens with one attached hydrogen (secondary N) is 1. The first-order chi connectivity index (χ1) is 11.7. The quantitative estimate of drug-likeness (QED) is 0.573. The molecule has 3 aromatic carbocycles. The van der Waals surface area contributed by atoms with E-state index in [0.29, 0.717) is 0 Å². The zero-order chi connectivity index (χ0) is 16.8. The average Bonchev–Trinajstić information content (AvgIpc) is 2.62. The molecule has 3 rings (SSSR count). The molecule has 0 spiro atoms. The molecule has 1 heteroatoms.